The summed E-state index contributed by atoms with van der Waals surface area (Å²) in [6, 6.07) is 32.3. The van der Waals surface area contributed by atoms with Gasteiger partial charge >= 0.3 is 0 Å². The second-order valence-corrected chi connectivity index (χ2v) is 12.0. The molecule has 0 amide bonds. The molecule has 4 aromatic rings. The Hall–Kier alpha value is -4.19. The summed E-state index contributed by atoms with van der Waals surface area (Å²) in [6.45, 7) is 7.08. The van der Waals surface area contributed by atoms with Crippen molar-refractivity contribution < 1.29 is 4.58 Å². The zero-order valence-corrected chi connectivity index (χ0v) is 22.8. The summed E-state index contributed by atoms with van der Waals surface area (Å²) >= 11 is 0. The third kappa shape index (κ3) is 3.00. The van der Waals surface area contributed by atoms with Crippen LogP contribution < -0.4 is 0 Å². The molecule has 2 atom stereocenters. The van der Waals surface area contributed by atoms with E-state index in [1.165, 1.54) is 66.7 Å². The lowest BCUT2D eigenvalue weighted by Gasteiger charge is -2.40. The van der Waals surface area contributed by atoms with Crippen LogP contribution in [0, 0.1) is 11.8 Å². The average Bonchev–Trinajstić information content (AvgIpc) is 3.61. The van der Waals surface area contributed by atoms with Crippen LogP contribution in [0.2, 0.25) is 0 Å². The molecule has 3 aliphatic carbocycles. The van der Waals surface area contributed by atoms with Gasteiger partial charge in [0.15, 0.2) is 6.21 Å². The molecule has 0 saturated carbocycles. The maximum Gasteiger partial charge on any atom is 0.262 e. The number of fused-ring (bicyclic) bond motifs is 5. The summed E-state index contributed by atoms with van der Waals surface area (Å²) in [5.41, 5.74) is 17.0. The molecule has 4 aliphatic rings. The topological polar surface area (TPSA) is 3.01 Å². The Morgan fingerprint density at radius 1 is 0.897 bits per heavy atom. The molecule has 0 saturated heterocycles. The Morgan fingerprint density at radius 2 is 1.72 bits per heavy atom. The predicted molar refractivity (Wildman–Crippen MR) is 162 cm³/mol. The van der Waals surface area contributed by atoms with Crippen LogP contribution in [-0.4, -0.2) is 10.8 Å². The van der Waals surface area contributed by atoms with Gasteiger partial charge in [0.1, 0.15) is 0 Å². The fourth-order valence-electron chi connectivity index (χ4n) is 7.68. The van der Waals surface area contributed by atoms with E-state index in [9.17, 15) is 0 Å². The van der Waals surface area contributed by atoms with Gasteiger partial charge in [0.25, 0.3) is 5.70 Å². The molecule has 0 spiro atoms. The molecule has 1 heteroatoms. The second kappa shape index (κ2) is 8.15. The smallest absolute Gasteiger partial charge is 0.156 e. The molecule has 188 valence electrons. The van der Waals surface area contributed by atoms with Crippen molar-refractivity contribution in [2.75, 3.05) is 0 Å². The van der Waals surface area contributed by atoms with E-state index in [0.717, 1.165) is 12.8 Å². The number of hydrogen-bond donors (Lipinski definition) is 0. The van der Waals surface area contributed by atoms with Crippen LogP contribution in [0.15, 0.2) is 120 Å². The summed E-state index contributed by atoms with van der Waals surface area (Å²) in [5, 5.41) is 2.68. The first-order valence-electron chi connectivity index (χ1n) is 14.3. The lowest BCUT2D eigenvalue weighted by molar-refractivity contribution is -0.359. The van der Waals surface area contributed by atoms with Gasteiger partial charge in [-0.05, 0) is 99.0 Å². The Labute approximate surface area is 230 Å². The van der Waals surface area contributed by atoms with Gasteiger partial charge in [-0.1, -0.05) is 81.4 Å². The van der Waals surface area contributed by atoms with Gasteiger partial charge in [0.2, 0.25) is 5.70 Å². The molecule has 4 aromatic carbocycles. The van der Waals surface area contributed by atoms with Crippen LogP contribution in [0.4, 0.5) is 0 Å². The Morgan fingerprint density at radius 3 is 2.56 bits per heavy atom. The van der Waals surface area contributed by atoms with Gasteiger partial charge < -0.3 is 0 Å². The number of rotatable bonds is 4. The second-order valence-electron chi connectivity index (χ2n) is 12.0. The first-order chi connectivity index (χ1) is 19.1. The molecule has 1 heterocycles. The SMILES string of the molecule is CC(C)CC=[N+]1C2=C=CC=C2C(C23c4ccccc4-c4cc5ccc(cc5cc42)CC3C)=C1c1ccccc1. The fourth-order valence-corrected chi connectivity index (χ4v) is 7.68. The van der Waals surface area contributed by atoms with Crippen LogP contribution in [0.3, 0.4) is 0 Å². The lowest BCUT2D eigenvalue weighted by Crippen LogP contribution is -2.38. The van der Waals surface area contributed by atoms with Gasteiger partial charge in [-0.3, -0.25) is 0 Å². The largest absolute Gasteiger partial charge is 0.262 e. The minimum atomic E-state index is -0.271. The van der Waals surface area contributed by atoms with E-state index in [1.807, 2.05) is 0 Å². The van der Waals surface area contributed by atoms with Crippen LogP contribution in [0.1, 0.15) is 49.4 Å². The lowest BCUT2D eigenvalue weighted by atomic mass is 9.60. The molecular formula is C38H32N+. The van der Waals surface area contributed by atoms with Crippen molar-refractivity contribution in [3.8, 4) is 11.1 Å². The van der Waals surface area contributed by atoms with Crippen molar-refractivity contribution in [2.24, 2.45) is 11.8 Å². The van der Waals surface area contributed by atoms with Gasteiger partial charge in [-0.2, -0.15) is 4.58 Å². The minimum absolute atomic E-state index is 0.271. The normalized spacial score (nSPS) is 23.1. The molecule has 3 bridgehead atoms. The first-order valence-corrected chi connectivity index (χ1v) is 14.3. The van der Waals surface area contributed by atoms with Crippen LogP contribution in [0.25, 0.3) is 27.6 Å². The van der Waals surface area contributed by atoms with E-state index in [-0.39, 0.29) is 5.41 Å². The highest BCUT2D eigenvalue weighted by atomic mass is 15.1. The van der Waals surface area contributed by atoms with E-state index >= 15 is 0 Å². The molecule has 0 aromatic heterocycles. The third-order valence-electron chi connectivity index (χ3n) is 9.30. The van der Waals surface area contributed by atoms with Crippen molar-refractivity contribution in [3.05, 3.63) is 142 Å². The molecule has 2 unspecified atom stereocenters. The molecule has 1 aliphatic heterocycles. The summed E-state index contributed by atoms with van der Waals surface area (Å²) in [5.74, 6) is 0.934. The van der Waals surface area contributed by atoms with Crippen molar-refractivity contribution in [2.45, 2.75) is 39.0 Å². The van der Waals surface area contributed by atoms with Crippen molar-refractivity contribution in [3.63, 3.8) is 0 Å². The highest BCUT2D eigenvalue weighted by molar-refractivity contribution is 5.97. The van der Waals surface area contributed by atoms with Crippen LogP contribution in [0.5, 0.6) is 0 Å². The standard InChI is InChI=1S/C38H32N/c1-24(2)18-19-39-35-15-9-13-31(35)36(37(39)27-10-5-4-6-11-27)38-25(3)20-26-16-17-28-22-32(34(38)23-29(28)21-26)30-12-7-8-14-33(30)38/h4-14,16-17,19,21-25H,18,20H2,1-3H3/q+1. The first kappa shape index (κ1) is 22.8. The van der Waals surface area contributed by atoms with Gasteiger partial charge in [-0.15, -0.1) is 0 Å². The molecule has 39 heavy (non-hydrogen) atoms. The molecular weight excluding hydrogens is 470 g/mol. The van der Waals surface area contributed by atoms with Crippen LogP contribution >= 0.6 is 0 Å². The van der Waals surface area contributed by atoms with Gasteiger partial charge in [0.05, 0.1) is 16.6 Å². The zero-order valence-electron chi connectivity index (χ0n) is 22.8. The monoisotopic (exact) mass is 502 g/mol. The molecule has 1 nitrogen and oxygen atoms in total. The van der Waals surface area contributed by atoms with Crippen LogP contribution in [-0.2, 0) is 11.8 Å². The number of hydrogen-bond acceptors (Lipinski definition) is 0. The van der Waals surface area contributed by atoms with E-state index in [0.29, 0.717) is 11.8 Å². The molecule has 0 N–H and O–H groups in total. The maximum atomic E-state index is 3.65. The summed E-state index contributed by atoms with van der Waals surface area (Å²) in [6.07, 6.45) is 8.90. The Balaban J connectivity index is 1.56. The quantitative estimate of drug-likeness (QED) is 0.194. The zero-order chi connectivity index (χ0) is 26.3. The summed E-state index contributed by atoms with van der Waals surface area (Å²) in [7, 11) is 0. The van der Waals surface area contributed by atoms with Crippen molar-refractivity contribution in [1.82, 2.24) is 0 Å². The Bertz CT molecular complexity index is 1870. The predicted octanol–water partition coefficient (Wildman–Crippen LogP) is 8.83. The van der Waals surface area contributed by atoms with Crippen molar-refractivity contribution >= 4 is 22.7 Å². The molecule has 8 rings (SSSR count). The van der Waals surface area contributed by atoms with E-state index in [1.54, 1.807) is 0 Å². The Kier molecular flexibility index (Phi) is 4.76. The number of allylic oxidation sites excluding steroid dienone is 2. The van der Waals surface area contributed by atoms with Crippen molar-refractivity contribution in [1.29, 1.82) is 0 Å². The highest BCUT2D eigenvalue weighted by Gasteiger charge is 2.57. The highest BCUT2D eigenvalue weighted by Crippen LogP contribution is 2.63. The minimum Gasteiger partial charge on any atom is -0.156 e. The van der Waals surface area contributed by atoms with E-state index in [4.69, 9.17) is 0 Å². The number of benzene rings is 4. The van der Waals surface area contributed by atoms with Gasteiger partial charge in [-0.25, -0.2) is 0 Å². The van der Waals surface area contributed by atoms with E-state index in [2.05, 4.69) is 134 Å². The molecule has 0 radical (unpaired) electrons. The summed E-state index contributed by atoms with van der Waals surface area (Å²) in [4.78, 5) is 0. The van der Waals surface area contributed by atoms with Gasteiger partial charge in [0, 0.05) is 12.0 Å². The average molecular weight is 503 g/mol. The number of nitrogens with zero attached hydrogens (tertiary/aromatic N) is 1. The maximum absolute atomic E-state index is 3.65. The fraction of sp³-hybridized carbons (Fsp3) is 0.211. The molecule has 0 fully saturated rings. The van der Waals surface area contributed by atoms with E-state index < -0.39 is 0 Å². The third-order valence-corrected chi connectivity index (χ3v) is 9.30. The summed E-state index contributed by atoms with van der Waals surface area (Å²) < 4.78 is 2.47.